The first kappa shape index (κ1) is 22.6. The van der Waals surface area contributed by atoms with Crippen molar-refractivity contribution in [3.63, 3.8) is 0 Å². The average molecular weight is 441 g/mol. The highest BCUT2D eigenvalue weighted by Crippen LogP contribution is 2.51. The second kappa shape index (κ2) is 10.3. The number of fused-ring (bicyclic) bond motifs is 1. The largest absolute Gasteiger partial charge is 0.466 e. The summed E-state index contributed by atoms with van der Waals surface area (Å²) in [5, 5.41) is 0. The topological polar surface area (TPSA) is 141 Å². The smallest absolute Gasteiger partial charge is 0.356 e. The maximum Gasteiger partial charge on any atom is 0.356 e. The van der Waals surface area contributed by atoms with Gasteiger partial charge in [-0.05, 0) is 13.3 Å². The quantitative estimate of drug-likeness (QED) is 0.332. The van der Waals surface area contributed by atoms with Gasteiger partial charge in [-0.2, -0.15) is 0 Å². The number of hydrogen-bond acceptors (Lipinski definition) is 10. The third kappa shape index (κ3) is 5.98. The molecule has 3 heterocycles. The minimum atomic E-state index is -3.36. The molecule has 0 spiro atoms. The minimum absolute atomic E-state index is 0.167. The molecule has 3 rings (SSSR count). The van der Waals surface area contributed by atoms with Crippen molar-refractivity contribution in [1.82, 2.24) is 19.5 Å². The van der Waals surface area contributed by atoms with Crippen molar-refractivity contribution >= 4 is 30.5 Å². The lowest BCUT2D eigenvalue weighted by molar-refractivity contribution is -0.145. The molecule has 0 aliphatic carbocycles. The number of imidazole rings is 1. The molecule has 0 radical (unpaired) electrons. The highest BCUT2D eigenvalue weighted by Gasteiger charge is 2.34. The Balaban J connectivity index is 1.43. The zero-order valence-electron chi connectivity index (χ0n) is 17.2. The van der Waals surface area contributed by atoms with Crippen molar-refractivity contribution in [2.75, 3.05) is 31.9 Å². The summed E-state index contributed by atoms with van der Waals surface area (Å²) in [4.78, 5) is 24.1. The van der Waals surface area contributed by atoms with Crippen LogP contribution in [0.4, 0.5) is 5.82 Å². The number of rotatable bonds is 10. The number of nitrogens with zero attached hydrogens (tertiary/aromatic N) is 4. The van der Waals surface area contributed by atoms with E-state index in [1.807, 2.05) is 13.8 Å². The van der Waals surface area contributed by atoms with Crippen LogP contribution in [0.1, 0.15) is 33.1 Å². The molecule has 12 heteroatoms. The molecular formula is C18H28N5O6P. The number of ether oxygens (including phenoxy) is 2. The van der Waals surface area contributed by atoms with Gasteiger partial charge in [-0.15, -0.1) is 0 Å². The van der Waals surface area contributed by atoms with E-state index in [-0.39, 0.29) is 44.0 Å². The number of nitrogens with two attached hydrogens (primary N) is 1. The predicted molar refractivity (Wildman–Crippen MR) is 109 cm³/mol. The Labute approximate surface area is 174 Å². The molecule has 30 heavy (non-hydrogen) atoms. The highest BCUT2D eigenvalue weighted by molar-refractivity contribution is 7.53. The Bertz CT molecular complexity index is 894. The molecule has 1 fully saturated rings. The molecule has 1 saturated heterocycles. The van der Waals surface area contributed by atoms with Crippen LogP contribution in [0.2, 0.25) is 0 Å². The zero-order chi connectivity index (χ0) is 21.6. The maximum absolute atomic E-state index is 12.7. The van der Waals surface area contributed by atoms with Crippen LogP contribution in [-0.2, 0) is 34.4 Å². The molecule has 2 aromatic heterocycles. The number of carbonyl (C=O) groups is 1. The molecule has 0 unspecified atom stereocenters. The van der Waals surface area contributed by atoms with Crippen molar-refractivity contribution in [1.29, 1.82) is 0 Å². The monoisotopic (exact) mass is 441 g/mol. The Morgan fingerprint density at radius 2 is 2.13 bits per heavy atom. The number of anilines is 1. The van der Waals surface area contributed by atoms with E-state index in [0.717, 1.165) is 12.8 Å². The normalized spacial score (nSPS) is 22.8. The van der Waals surface area contributed by atoms with E-state index < -0.39 is 7.60 Å². The fourth-order valence-electron chi connectivity index (χ4n) is 2.92. The summed E-state index contributed by atoms with van der Waals surface area (Å²) in [5.74, 6) is -0.162. The Hall–Kier alpha value is -2.07. The van der Waals surface area contributed by atoms with Crippen LogP contribution < -0.4 is 5.73 Å². The van der Waals surface area contributed by atoms with Gasteiger partial charge in [-0.1, -0.05) is 13.3 Å². The number of hydrogen-bond donors (Lipinski definition) is 1. The van der Waals surface area contributed by atoms with Crippen LogP contribution in [0.3, 0.4) is 0 Å². The summed E-state index contributed by atoms with van der Waals surface area (Å²) in [6, 6.07) is 0. The summed E-state index contributed by atoms with van der Waals surface area (Å²) in [6.07, 6.45) is 4.48. The van der Waals surface area contributed by atoms with Gasteiger partial charge < -0.3 is 28.8 Å². The van der Waals surface area contributed by atoms with Gasteiger partial charge >= 0.3 is 13.6 Å². The molecule has 1 atom stereocenters. The molecule has 0 aromatic carbocycles. The zero-order valence-corrected chi connectivity index (χ0v) is 18.1. The molecule has 2 aromatic rings. The second-order valence-electron chi connectivity index (χ2n) is 7.28. The van der Waals surface area contributed by atoms with Crippen LogP contribution in [-0.4, -0.2) is 57.8 Å². The third-order valence-corrected chi connectivity index (χ3v) is 6.18. The van der Waals surface area contributed by atoms with Crippen molar-refractivity contribution in [2.24, 2.45) is 5.92 Å². The molecular weight excluding hydrogens is 413 g/mol. The lowest BCUT2D eigenvalue weighted by Crippen LogP contribution is -2.27. The number of aromatic nitrogens is 4. The van der Waals surface area contributed by atoms with Gasteiger partial charge in [-0.3, -0.25) is 9.36 Å². The number of nitrogen functional groups attached to an aromatic ring is 1. The van der Waals surface area contributed by atoms with Crippen molar-refractivity contribution < 1.29 is 27.9 Å². The summed E-state index contributed by atoms with van der Waals surface area (Å²) < 4.78 is 36.2. The summed E-state index contributed by atoms with van der Waals surface area (Å²) >= 11 is 0. The molecule has 2 N–H and O–H groups in total. The second-order valence-corrected chi connectivity index (χ2v) is 9.28. The maximum atomic E-state index is 12.7. The molecule has 1 aliphatic heterocycles. The summed E-state index contributed by atoms with van der Waals surface area (Å²) in [6.45, 7) is 5.04. The average Bonchev–Trinajstić information content (AvgIpc) is 3.13. The first-order valence-electron chi connectivity index (χ1n) is 9.97. The van der Waals surface area contributed by atoms with Crippen molar-refractivity contribution in [3.05, 3.63) is 12.7 Å². The van der Waals surface area contributed by atoms with Crippen molar-refractivity contribution in [3.8, 4) is 0 Å². The number of carbonyl (C=O) groups excluding carboxylic acids is 1. The minimum Gasteiger partial charge on any atom is -0.466 e. The predicted octanol–water partition coefficient (Wildman–Crippen LogP) is 2.36. The standard InChI is InChI=1S/C18H28N5O6P/c1-3-4-5-26-15(24)6-14-8-28-30(25,29-9-14)12-27-13(2)7-23-11-22-16-17(19)20-10-21-18(16)23/h10-11,13-14H,3-9,12H2,1-2H3,(H2,19,20,21)/t13-,14?,30?/m1/s1. The first-order chi connectivity index (χ1) is 14.4. The van der Waals surface area contributed by atoms with E-state index in [9.17, 15) is 9.36 Å². The fraction of sp³-hybridized carbons (Fsp3) is 0.667. The van der Waals surface area contributed by atoms with Gasteiger partial charge in [0.1, 0.15) is 18.2 Å². The van der Waals surface area contributed by atoms with Gasteiger partial charge in [-0.25, -0.2) is 15.0 Å². The third-order valence-electron chi connectivity index (χ3n) is 4.63. The van der Waals surface area contributed by atoms with E-state index in [0.29, 0.717) is 30.1 Å². The fourth-order valence-corrected chi connectivity index (χ4v) is 4.46. The Morgan fingerprint density at radius 1 is 1.37 bits per heavy atom. The lowest BCUT2D eigenvalue weighted by atomic mass is 10.1. The number of unbranched alkanes of at least 4 members (excludes halogenated alkanes) is 1. The Morgan fingerprint density at radius 3 is 2.87 bits per heavy atom. The van der Waals surface area contributed by atoms with Gasteiger partial charge in [0.05, 0.1) is 45.2 Å². The summed E-state index contributed by atoms with van der Waals surface area (Å²) in [7, 11) is -3.36. The lowest BCUT2D eigenvalue weighted by Gasteiger charge is -2.29. The first-order valence-corrected chi connectivity index (χ1v) is 11.7. The van der Waals surface area contributed by atoms with Crippen LogP contribution in [0.5, 0.6) is 0 Å². The molecule has 0 saturated carbocycles. The summed E-state index contributed by atoms with van der Waals surface area (Å²) in [5.41, 5.74) is 6.91. The van der Waals surface area contributed by atoms with Crippen LogP contribution in [0, 0.1) is 5.92 Å². The van der Waals surface area contributed by atoms with Crippen LogP contribution in [0.25, 0.3) is 11.2 Å². The van der Waals surface area contributed by atoms with E-state index in [1.165, 1.54) is 6.33 Å². The van der Waals surface area contributed by atoms with E-state index in [1.54, 1.807) is 10.9 Å². The highest BCUT2D eigenvalue weighted by atomic mass is 31.2. The van der Waals surface area contributed by atoms with Gasteiger partial charge in [0.15, 0.2) is 11.5 Å². The van der Waals surface area contributed by atoms with Crippen LogP contribution >= 0.6 is 7.60 Å². The van der Waals surface area contributed by atoms with E-state index in [4.69, 9.17) is 24.3 Å². The molecule has 1 aliphatic rings. The van der Waals surface area contributed by atoms with E-state index in [2.05, 4.69) is 15.0 Å². The molecule has 11 nitrogen and oxygen atoms in total. The Kier molecular flexibility index (Phi) is 7.76. The van der Waals surface area contributed by atoms with Gasteiger partial charge in [0.2, 0.25) is 0 Å². The van der Waals surface area contributed by atoms with Crippen LogP contribution in [0.15, 0.2) is 12.7 Å². The number of esters is 1. The van der Waals surface area contributed by atoms with E-state index >= 15 is 0 Å². The van der Waals surface area contributed by atoms with Gasteiger partial charge in [0, 0.05) is 5.92 Å². The SMILES string of the molecule is CCCCOC(=O)CC1COP(=O)(CO[C@H](C)Cn2cnc3c(N)ncnc32)OC1. The molecule has 0 amide bonds. The van der Waals surface area contributed by atoms with Crippen molar-refractivity contribution in [2.45, 2.75) is 45.8 Å². The molecule has 0 bridgehead atoms. The molecule has 166 valence electrons. The van der Waals surface area contributed by atoms with Gasteiger partial charge in [0.25, 0.3) is 0 Å².